The topological polar surface area (TPSA) is 93.5 Å². The van der Waals surface area contributed by atoms with Crippen molar-refractivity contribution in [3.05, 3.63) is 65.9 Å². The minimum Gasteiger partial charge on any atom is -0.379 e. The first-order valence-corrected chi connectivity index (χ1v) is 11.5. The van der Waals surface area contributed by atoms with E-state index in [2.05, 4.69) is 10.4 Å². The molecule has 1 N–H and O–H groups in total. The molecule has 10 heteroatoms. The molecule has 0 atom stereocenters. The molecule has 1 fully saturated rings. The van der Waals surface area contributed by atoms with E-state index in [0.29, 0.717) is 18.9 Å². The fourth-order valence-electron chi connectivity index (χ4n) is 3.28. The van der Waals surface area contributed by atoms with Gasteiger partial charge >= 0.3 is 0 Å². The lowest BCUT2D eigenvalue weighted by Gasteiger charge is -2.26. The number of carbonyl (C=O) groups is 1. The standard InChI is InChI=1S/C21H21ClN4O4S/c22-19-7-6-18(12-20(19)31(28,29)26-8-10-30-11-9-26)24-21(27)15-25-14-17(13-23-25)16-4-2-1-3-5-16/h1-7,12-14H,8-11,15H2,(H,24,27). The van der Waals surface area contributed by atoms with Crippen molar-refractivity contribution in [3.63, 3.8) is 0 Å². The van der Waals surface area contributed by atoms with Gasteiger partial charge in [-0.25, -0.2) is 8.42 Å². The number of nitrogens with zero attached hydrogens (tertiary/aromatic N) is 3. The molecule has 1 aliphatic heterocycles. The Morgan fingerprint density at radius 3 is 2.58 bits per heavy atom. The highest BCUT2D eigenvalue weighted by molar-refractivity contribution is 7.89. The van der Waals surface area contributed by atoms with Crippen LogP contribution in [0.2, 0.25) is 5.02 Å². The molecule has 31 heavy (non-hydrogen) atoms. The summed E-state index contributed by atoms with van der Waals surface area (Å²) in [6, 6.07) is 14.1. The van der Waals surface area contributed by atoms with Crippen molar-refractivity contribution < 1.29 is 17.9 Å². The van der Waals surface area contributed by atoms with E-state index in [1.165, 1.54) is 21.1 Å². The molecule has 1 aliphatic rings. The van der Waals surface area contributed by atoms with E-state index in [0.717, 1.165) is 11.1 Å². The maximum Gasteiger partial charge on any atom is 0.246 e. The van der Waals surface area contributed by atoms with E-state index in [1.807, 2.05) is 30.3 Å². The number of aromatic nitrogens is 2. The molecular formula is C21H21ClN4O4S. The van der Waals surface area contributed by atoms with Gasteiger partial charge in [-0.3, -0.25) is 9.48 Å². The number of halogens is 1. The number of nitrogens with one attached hydrogen (secondary N) is 1. The summed E-state index contributed by atoms with van der Waals surface area (Å²) in [6.07, 6.45) is 3.48. The van der Waals surface area contributed by atoms with Crippen molar-refractivity contribution in [2.75, 3.05) is 31.6 Å². The Balaban J connectivity index is 1.47. The number of hydrogen-bond donors (Lipinski definition) is 1. The molecule has 0 saturated carbocycles. The number of carbonyl (C=O) groups excluding carboxylic acids is 1. The van der Waals surface area contributed by atoms with Crippen LogP contribution >= 0.6 is 11.6 Å². The summed E-state index contributed by atoms with van der Waals surface area (Å²) in [5, 5.41) is 7.04. The number of benzene rings is 2. The highest BCUT2D eigenvalue weighted by atomic mass is 35.5. The second-order valence-electron chi connectivity index (χ2n) is 7.00. The highest BCUT2D eigenvalue weighted by Gasteiger charge is 2.28. The van der Waals surface area contributed by atoms with Gasteiger partial charge in [-0.2, -0.15) is 9.40 Å². The minimum absolute atomic E-state index is 0.0129. The van der Waals surface area contributed by atoms with E-state index in [-0.39, 0.29) is 35.5 Å². The number of ether oxygens (including phenoxy) is 1. The number of hydrogen-bond acceptors (Lipinski definition) is 5. The van der Waals surface area contributed by atoms with Gasteiger partial charge in [-0.15, -0.1) is 0 Å². The summed E-state index contributed by atoms with van der Waals surface area (Å²) in [4.78, 5) is 12.5. The predicted molar refractivity (Wildman–Crippen MR) is 117 cm³/mol. The summed E-state index contributed by atoms with van der Waals surface area (Å²) in [6.45, 7) is 1.18. The van der Waals surface area contributed by atoms with Crippen LogP contribution in [-0.2, 0) is 26.1 Å². The van der Waals surface area contributed by atoms with Gasteiger partial charge in [-0.1, -0.05) is 41.9 Å². The summed E-state index contributed by atoms with van der Waals surface area (Å²) in [5.74, 6) is -0.334. The largest absolute Gasteiger partial charge is 0.379 e. The van der Waals surface area contributed by atoms with Crippen molar-refractivity contribution in [1.82, 2.24) is 14.1 Å². The normalized spacial score (nSPS) is 15.0. The molecule has 0 unspecified atom stereocenters. The Hall–Kier alpha value is -2.72. The zero-order chi connectivity index (χ0) is 21.8. The first-order valence-electron chi connectivity index (χ1n) is 9.69. The number of morpholine rings is 1. The van der Waals surface area contributed by atoms with Crippen molar-refractivity contribution >= 4 is 33.2 Å². The Morgan fingerprint density at radius 1 is 1.10 bits per heavy atom. The van der Waals surface area contributed by atoms with Gasteiger partial charge in [0, 0.05) is 30.5 Å². The van der Waals surface area contributed by atoms with Gasteiger partial charge in [-0.05, 0) is 23.8 Å². The molecule has 0 radical (unpaired) electrons. The van der Waals surface area contributed by atoms with Crippen molar-refractivity contribution in [1.29, 1.82) is 0 Å². The monoisotopic (exact) mass is 460 g/mol. The Morgan fingerprint density at radius 2 is 1.84 bits per heavy atom. The fourth-order valence-corrected chi connectivity index (χ4v) is 5.19. The molecule has 0 bridgehead atoms. The van der Waals surface area contributed by atoms with Crippen LogP contribution in [0.25, 0.3) is 11.1 Å². The lowest BCUT2D eigenvalue weighted by atomic mass is 10.1. The molecule has 1 aromatic heterocycles. The van der Waals surface area contributed by atoms with E-state index in [9.17, 15) is 13.2 Å². The van der Waals surface area contributed by atoms with E-state index >= 15 is 0 Å². The predicted octanol–water partition coefficient (Wildman–Crippen LogP) is 2.86. The third-order valence-corrected chi connectivity index (χ3v) is 7.23. The van der Waals surface area contributed by atoms with Crippen LogP contribution in [-0.4, -0.2) is 54.7 Å². The molecular weight excluding hydrogens is 440 g/mol. The smallest absolute Gasteiger partial charge is 0.246 e. The van der Waals surface area contributed by atoms with Gasteiger partial charge in [0.2, 0.25) is 15.9 Å². The number of amides is 1. The molecule has 3 aromatic rings. The lowest BCUT2D eigenvalue weighted by molar-refractivity contribution is -0.116. The van der Waals surface area contributed by atoms with Gasteiger partial charge in [0.15, 0.2) is 0 Å². The Kier molecular flexibility index (Phi) is 6.38. The second kappa shape index (κ2) is 9.19. The van der Waals surface area contributed by atoms with Crippen LogP contribution in [0.15, 0.2) is 65.8 Å². The third-order valence-electron chi connectivity index (χ3n) is 4.85. The maximum atomic E-state index is 12.9. The zero-order valence-electron chi connectivity index (χ0n) is 16.6. The average molecular weight is 461 g/mol. The van der Waals surface area contributed by atoms with Gasteiger partial charge in [0.25, 0.3) is 0 Å². The second-order valence-corrected chi connectivity index (χ2v) is 9.32. The van der Waals surface area contributed by atoms with Crippen molar-refractivity contribution in [3.8, 4) is 11.1 Å². The van der Waals surface area contributed by atoms with Crippen LogP contribution < -0.4 is 5.32 Å². The first kappa shape index (κ1) is 21.5. The highest BCUT2D eigenvalue weighted by Crippen LogP contribution is 2.28. The van der Waals surface area contributed by atoms with E-state index in [1.54, 1.807) is 18.5 Å². The number of sulfonamides is 1. The SMILES string of the molecule is O=C(Cn1cc(-c2ccccc2)cn1)Nc1ccc(Cl)c(S(=O)(=O)N2CCOCC2)c1. The van der Waals surface area contributed by atoms with Crippen molar-refractivity contribution in [2.24, 2.45) is 0 Å². The van der Waals surface area contributed by atoms with Crippen LogP contribution in [0.1, 0.15) is 0 Å². The summed E-state index contributed by atoms with van der Waals surface area (Å²) < 4.78 is 33.9. The third kappa shape index (κ3) is 4.96. The van der Waals surface area contributed by atoms with Crippen LogP contribution in [0.4, 0.5) is 5.69 Å². The first-order chi connectivity index (χ1) is 14.9. The molecule has 0 aliphatic carbocycles. The molecule has 162 valence electrons. The average Bonchev–Trinajstić information content (AvgIpc) is 3.24. The molecule has 0 spiro atoms. The minimum atomic E-state index is -3.78. The van der Waals surface area contributed by atoms with Gasteiger partial charge < -0.3 is 10.1 Å². The molecule has 4 rings (SSSR count). The Labute approximate surface area is 185 Å². The molecule has 2 heterocycles. The quantitative estimate of drug-likeness (QED) is 0.610. The fraction of sp³-hybridized carbons (Fsp3) is 0.238. The molecule has 1 amide bonds. The van der Waals surface area contributed by atoms with Gasteiger partial charge in [0.1, 0.15) is 11.4 Å². The molecule has 1 saturated heterocycles. The molecule has 2 aromatic carbocycles. The Bertz CT molecular complexity index is 1180. The summed E-state index contributed by atoms with van der Waals surface area (Å²) in [7, 11) is -3.78. The van der Waals surface area contributed by atoms with Crippen LogP contribution in [0.3, 0.4) is 0 Å². The van der Waals surface area contributed by atoms with Crippen LogP contribution in [0.5, 0.6) is 0 Å². The van der Waals surface area contributed by atoms with E-state index in [4.69, 9.17) is 16.3 Å². The van der Waals surface area contributed by atoms with E-state index < -0.39 is 10.0 Å². The molecule has 8 nitrogen and oxygen atoms in total. The zero-order valence-corrected chi connectivity index (χ0v) is 18.1. The number of rotatable bonds is 6. The van der Waals surface area contributed by atoms with Gasteiger partial charge in [0.05, 0.1) is 24.4 Å². The lowest BCUT2D eigenvalue weighted by Crippen LogP contribution is -2.40. The summed E-state index contributed by atoms with van der Waals surface area (Å²) >= 11 is 6.16. The van der Waals surface area contributed by atoms with Crippen molar-refractivity contribution in [2.45, 2.75) is 11.4 Å². The van der Waals surface area contributed by atoms with Crippen LogP contribution in [0, 0.1) is 0 Å². The maximum absolute atomic E-state index is 12.9. The number of anilines is 1. The summed E-state index contributed by atoms with van der Waals surface area (Å²) in [5.41, 5.74) is 2.25.